The van der Waals surface area contributed by atoms with Crippen LogP contribution in [-0.4, -0.2) is 31.9 Å². The lowest BCUT2D eigenvalue weighted by atomic mass is 10.0. The molecule has 0 saturated heterocycles. The Hall–Kier alpha value is -1.33. The molecule has 5 nitrogen and oxygen atoms in total. The number of furan rings is 1. The van der Waals surface area contributed by atoms with Gasteiger partial charge in [0, 0.05) is 13.7 Å². The lowest BCUT2D eigenvalue weighted by Gasteiger charge is -2.13. The number of methoxy groups -OCH3 is 2. The molecule has 0 aliphatic carbocycles. The van der Waals surface area contributed by atoms with Crippen molar-refractivity contribution >= 4 is 5.97 Å². The first kappa shape index (κ1) is 13.7. The van der Waals surface area contributed by atoms with Crippen LogP contribution in [0.5, 0.6) is 0 Å². The van der Waals surface area contributed by atoms with Gasteiger partial charge in [0.1, 0.15) is 11.9 Å². The Balaban J connectivity index is 2.60. The molecule has 1 rings (SSSR count). The molecule has 2 unspecified atom stereocenters. The largest absolute Gasteiger partial charge is 0.463 e. The highest BCUT2D eigenvalue weighted by Crippen LogP contribution is 2.23. The molecule has 0 spiro atoms. The predicted molar refractivity (Wildman–Crippen MR) is 60.7 cm³/mol. The Kier molecular flexibility index (Phi) is 5.18. The standard InChI is InChI=1S/C12H18O5/c1-8(7-15-2)6-9(13)10-4-5-11(17-10)12(14)16-3/h4-5,8-9,13H,6-7H2,1-3H3. The fourth-order valence-electron chi connectivity index (χ4n) is 1.59. The molecule has 1 aromatic heterocycles. The number of hydrogen-bond donors (Lipinski definition) is 1. The summed E-state index contributed by atoms with van der Waals surface area (Å²) in [4.78, 5) is 11.2. The van der Waals surface area contributed by atoms with Crippen molar-refractivity contribution in [3.63, 3.8) is 0 Å². The van der Waals surface area contributed by atoms with Crippen molar-refractivity contribution in [1.82, 2.24) is 0 Å². The van der Waals surface area contributed by atoms with Gasteiger partial charge in [0.25, 0.3) is 0 Å². The summed E-state index contributed by atoms with van der Waals surface area (Å²) in [6, 6.07) is 3.07. The van der Waals surface area contributed by atoms with E-state index in [1.165, 1.54) is 13.2 Å². The zero-order valence-corrected chi connectivity index (χ0v) is 10.3. The van der Waals surface area contributed by atoms with E-state index in [-0.39, 0.29) is 11.7 Å². The third kappa shape index (κ3) is 3.87. The second-order valence-electron chi connectivity index (χ2n) is 4.01. The summed E-state index contributed by atoms with van der Waals surface area (Å²) in [5.74, 6) is 0.129. The molecule has 1 aromatic rings. The van der Waals surface area contributed by atoms with Crippen LogP contribution in [0, 0.1) is 5.92 Å². The average Bonchev–Trinajstić information content (AvgIpc) is 2.77. The molecule has 0 saturated carbocycles. The average molecular weight is 242 g/mol. The van der Waals surface area contributed by atoms with Crippen LogP contribution in [0.4, 0.5) is 0 Å². The number of hydrogen-bond acceptors (Lipinski definition) is 5. The molecule has 0 fully saturated rings. The molecule has 0 radical (unpaired) electrons. The highest BCUT2D eigenvalue weighted by Gasteiger charge is 2.18. The molecular formula is C12H18O5. The quantitative estimate of drug-likeness (QED) is 0.770. The minimum atomic E-state index is -0.737. The van der Waals surface area contributed by atoms with E-state index in [9.17, 15) is 9.90 Å². The van der Waals surface area contributed by atoms with E-state index >= 15 is 0 Å². The summed E-state index contributed by atoms with van der Waals surface area (Å²) >= 11 is 0. The Morgan fingerprint density at radius 1 is 1.47 bits per heavy atom. The Morgan fingerprint density at radius 3 is 2.76 bits per heavy atom. The number of rotatable bonds is 6. The zero-order chi connectivity index (χ0) is 12.8. The third-order valence-electron chi connectivity index (χ3n) is 2.42. The fourth-order valence-corrected chi connectivity index (χ4v) is 1.59. The maximum Gasteiger partial charge on any atom is 0.373 e. The van der Waals surface area contributed by atoms with Crippen LogP contribution in [0.2, 0.25) is 0 Å². The van der Waals surface area contributed by atoms with Crippen LogP contribution in [0.25, 0.3) is 0 Å². The van der Waals surface area contributed by atoms with Gasteiger partial charge in [-0.15, -0.1) is 0 Å². The lowest BCUT2D eigenvalue weighted by molar-refractivity contribution is 0.0545. The monoisotopic (exact) mass is 242 g/mol. The third-order valence-corrected chi connectivity index (χ3v) is 2.42. The van der Waals surface area contributed by atoms with Gasteiger partial charge in [-0.2, -0.15) is 0 Å². The van der Waals surface area contributed by atoms with Crippen LogP contribution in [-0.2, 0) is 9.47 Å². The highest BCUT2D eigenvalue weighted by atomic mass is 16.5. The number of carbonyl (C=O) groups is 1. The van der Waals surface area contributed by atoms with Gasteiger partial charge in [-0.1, -0.05) is 6.92 Å². The molecule has 96 valence electrons. The summed E-state index contributed by atoms with van der Waals surface area (Å²) < 4.78 is 14.7. The van der Waals surface area contributed by atoms with E-state index in [4.69, 9.17) is 9.15 Å². The summed E-state index contributed by atoms with van der Waals surface area (Å²) in [5, 5.41) is 9.88. The smallest absolute Gasteiger partial charge is 0.373 e. The minimum Gasteiger partial charge on any atom is -0.463 e. The first-order chi connectivity index (χ1) is 8.08. The van der Waals surface area contributed by atoms with Gasteiger partial charge in [0.05, 0.1) is 7.11 Å². The van der Waals surface area contributed by atoms with Crippen molar-refractivity contribution < 1.29 is 23.8 Å². The van der Waals surface area contributed by atoms with Crippen molar-refractivity contribution in [2.75, 3.05) is 20.8 Å². The molecule has 1 heterocycles. The number of aliphatic hydroxyl groups is 1. The minimum absolute atomic E-state index is 0.0981. The van der Waals surface area contributed by atoms with E-state index in [2.05, 4.69) is 4.74 Å². The van der Waals surface area contributed by atoms with E-state index in [1.54, 1.807) is 13.2 Å². The van der Waals surface area contributed by atoms with Gasteiger partial charge < -0.3 is 19.0 Å². The molecule has 0 bridgehead atoms. The van der Waals surface area contributed by atoms with Gasteiger partial charge >= 0.3 is 5.97 Å². The van der Waals surface area contributed by atoms with Gasteiger partial charge in [-0.05, 0) is 24.5 Å². The number of carbonyl (C=O) groups excluding carboxylic acids is 1. The fraction of sp³-hybridized carbons (Fsp3) is 0.583. The summed E-state index contributed by atoms with van der Waals surface area (Å²) in [6.07, 6.45) is -0.222. The molecule has 2 atom stereocenters. The normalized spacial score (nSPS) is 14.4. The van der Waals surface area contributed by atoms with Crippen molar-refractivity contribution in [2.24, 2.45) is 5.92 Å². The Bertz CT molecular complexity index is 358. The van der Waals surface area contributed by atoms with Crippen molar-refractivity contribution in [1.29, 1.82) is 0 Å². The summed E-state index contributed by atoms with van der Waals surface area (Å²) in [7, 11) is 2.90. The zero-order valence-electron chi connectivity index (χ0n) is 10.3. The number of aliphatic hydroxyl groups excluding tert-OH is 1. The molecule has 0 aliphatic heterocycles. The van der Waals surface area contributed by atoms with E-state index < -0.39 is 12.1 Å². The molecule has 0 aliphatic rings. The first-order valence-corrected chi connectivity index (χ1v) is 5.43. The van der Waals surface area contributed by atoms with Crippen LogP contribution < -0.4 is 0 Å². The van der Waals surface area contributed by atoms with Gasteiger partial charge in [0.15, 0.2) is 0 Å². The molecule has 0 aromatic carbocycles. The Morgan fingerprint density at radius 2 is 2.18 bits per heavy atom. The number of ether oxygens (including phenoxy) is 2. The summed E-state index contributed by atoms with van der Waals surface area (Å²) in [6.45, 7) is 2.54. The molecule has 1 N–H and O–H groups in total. The van der Waals surface area contributed by atoms with Crippen LogP contribution in [0.15, 0.2) is 16.5 Å². The van der Waals surface area contributed by atoms with E-state index in [0.29, 0.717) is 18.8 Å². The topological polar surface area (TPSA) is 68.9 Å². The van der Waals surface area contributed by atoms with Crippen LogP contribution >= 0.6 is 0 Å². The number of esters is 1. The second kappa shape index (κ2) is 6.42. The second-order valence-corrected chi connectivity index (χ2v) is 4.01. The molecule has 5 heteroatoms. The predicted octanol–water partition coefficient (Wildman–Crippen LogP) is 1.77. The van der Waals surface area contributed by atoms with Crippen LogP contribution in [0.1, 0.15) is 35.8 Å². The van der Waals surface area contributed by atoms with E-state index in [0.717, 1.165) is 0 Å². The van der Waals surface area contributed by atoms with Gasteiger partial charge in [-0.3, -0.25) is 0 Å². The van der Waals surface area contributed by atoms with Crippen molar-refractivity contribution in [3.8, 4) is 0 Å². The maximum absolute atomic E-state index is 11.2. The maximum atomic E-state index is 11.2. The van der Waals surface area contributed by atoms with Crippen molar-refractivity contribution in [3.05, 3.63) is 23.7 Å². The van der Waals surface area contributed by atoms with E-state index in [1.807, 2.05) is 6.92 Å². The molecular weight excluding hydrogens is 224 g/mol. The Labute approximate surface area is 100 Å². The SMILES string of the molecule is COCC(C)CC(O)c1ccc(C(=O)OC)o1. The molecule has 0 amide bonds. The van der Waals surface area contributed by atoms with Gasteiger partial charge in [0.2, 0.25) is 5.76 Å². The van der Waals surface area contributed by atoms with Crippen molar-refractivity contribution in [2.45, 2.75) is 19.4 Å². The molecule has 17 heavy (non-hydrogen) atoms. The highest BCUT2D eigenvalue weighted by molar-refractivity contribution is 5.86. The first-order valence-electron chi connectivity index (χ1n) is 5.43. The van der Waals surface area contributed by atoms with Gasteiger partial charge in [-0.25, -0.2) is 4.79 Å². The van der Waals surface area contributed by atoms with Crippen LogP contribution in [0.3, 0.4) is 0 Å². The lowest BCUT2D eigenvalue weighted by Crippen LogP contribution is -2.09. The summed E-state index contributed by atoms with van der Waals surface area (Å²) in [5.41, 5.74) is 0.